The number of imidazole rings is 1. The predicted octanol–water partition coefficient (Wildman–Crippen LogP) is 2.53. The summed E-state index contributed by atoms with van der Waals surface area (Å²) in [5.41, 5.74) is 2.78. The maximum absolute atomic E-state index is 9.91. The number of aliphatic hydroxyl groups is 1. The van der Waals surface area contributed by atoms with Gasteiger partial charge in [0.15, 0.2) is 0 Å². The number of halogens is 1. The van der Waals surface area contributed by atoms with Crippen molar-refractivity contribution in [3.05, 3.63) is 41.6 Å². The second kappa shape index (κ2) is 6.23. The number of nitrogens with zero attached hydrogens (tertiary/aromatic N) is 4. The minimum Gasteiger partial charge on any atom is -0.392 e. The van der Waals surface area contributed by atoms with Crippen LogP contribution in [0.15, 0.2) is 36.5 Å². The number of fused-ring (bicyclic) bond motifs is 2. The SMILES string of the molecule is OC1CC2CN(c3cc(-c4nc5ccccc5[nH]4)c(Cl)cn3)CCN2C1. The lowest BCUT2D eigenvalue weighted by Crippen LogP contribution is -2.50. The van der Waals surface area contributed by atoms with Crippen molar-refractivity contribution in [3.63, 3.8) is 0 Å². The predicted molar refractivity (Wildman–Crippen MR) is 103 cm³/mol. The highest BCUT2D eigenvalue weighted by atomic mass is 35.5. The summed E-state index contributed by atoms with van der Waals surface area (Å²) in [4.78, 5) is 17.2. The van der Waals surface area contributed by atoms with Crippen molar-refractivity contribution in [1.29, 1.82) is 0 Å². The number of anilines is 1. The Morgan fingerprint density at radius 3 is 2.96 bits per heavy atom. The molecule has 2 fully saturated rings. The van der Waals surface area contributed by atoms with Crippen LogP contribution in [0.2, 0.25) is 5.02 Å². The number of hydrogen-bond acceptors (Lipinski definition) is 5. The van der Waals surface area contributed by atoms with Gasteiger partial charge in [-0.1, -0.05) is 23.7 Å². The van der Waals surface area contributed by atoms with E-state index in [1.54, 1.807) is 6.20 Å². The molecule has 3 aromatic rings. The highest BCUT2D eigenvalue weighted by Crippen LogP contribution is 2.31. The molecule has 7 heteroatoms. The van der Waals surface area contributed by atoms with Gasteiger partial charge < -0.3 is 15.0 Å². The Morgan fingerprint density at radius 1 is 1.19 bits per heavy atom. The van der Waals surface area contributed by atoms with Gasteiger partial charge in [0.2, 0.25) is 0 Å². The average Bonchev–Trinajstić information content (AvgIpc) is 3.23. The van der Waals surface area contributed by atoms with Gasteiger partial charge in [0, 0.05) is 44.0 Å². The Kier molecular flexibility index (Phi) is 3.85. The van der Waals surface area contributed by atoms with E-state index in [-0.39, 0.29) is 6.10 Å². The van der Waals surface area contributed by atoms with Gasteiger partial charge in [-0.15, -0.1) is 0 Å². The molecule has 4 heterocycles. The first kappa shape index (κ1) is 16.1. The molecule has 1 aromatic carbocycles. The smallest absolute Gasteiger partial charge is 0.140 e. The summed E-state index contributed by atoms with van der Waals surface area (Å²) < 4.78 is 0. The van der Waals surface area contributed by atoms with E-state index in [1.807, 2.05) is 30.3 Å². The quantitative estimate of drug-likeness (QED) is 0.726. The van der Waals surface area contributed by atoms with Crippen LogP contribution in [0.4, 0.5) is 5.82 Å². The number of H-pyrrole nitrogens is 1. The fraction of sp³-hybridized carbons (Fsp3) is 0.368. The Morgan fingerprint density at radius 2 is 2.08 bits per heavy atom. The zero-order valence-electron chi connectivity index (χ0n) is 14.3. The maximum Gasteiger partial charge on any atom is 0.140 e. The molecular formula is C19H20ClN5O. The van der Waals surface area contributed by atoms with Crippen LogP contribution in [0.3, 0.4) is 0 Å². The van der Waals surface area contributed by atoms with Crippen molar-refractivity contribution in [2.24, 2.45) is 0 Å². The summed E-state index contributed by atoms with van der Waals surface area (Å²) in [5, 5.41) is 10.5. The molecule has 0 bridgehead atoms. The topological polar surface area (TPSA) is 68.3 Å². The van der Waals surface area contributed by atoms with Crippen molar-refractivity contribution in [1.82, 2.24) is 19.9 Å². The molecular weight excluding hydrogens is 350 g/mol. The summed E-state index contributed by atoms with van der Waals surface area (Å²) >= 11 is 6.42. The van der Waals surface area contributed by atoms with E-state index in [4.69, 9.17) is 11.6 Å². The lowest BCUT2D eigenvalue weighted by atomic mass is 10.1. The number of piperazine rings is 1. The molecule has 2 aliphatic heterocycles. The second-order valence-electron chi connectivity index (χ2n) is 7.11. The number of rotatable bonds is 2. The molecule has 0 spiro atoms. The molecule has 0 amide bonds. The number of aliphatic hydroxyl groups excluding tert-OH is 1. The Hall–Kier alpha value is -2.15. The highest BCUT2D eigenvalue weighted by Gasteiger charge is 2.35. The molecule has 26 heavy (non-hydrogen) atoms. The van der Waals surface area contributed by atoms with E-state index in [9.17, 15) is 5.11 Å². The van der Waals surface area contributed by atoms with Crippen LogP contribution in [-0.4, -0.2) is 63.3 Å². The van der Waals surface area contributed by atoms with E-state index in [2.05, 4.69) is 24.8 Å². The van der Waals surface area contributed by atoms with Gasteiger partial charge in [-0.05, 0) is 24.6 Å². The lowest BCUT2D eigenvalue weighted by Gasteiger charge is -2.38. The number of aromatic nitrogens is 3. The van der Waals surface area contributed by atoms with Gasteiger partial charge in [0.05, 0.1) is 22.2 Å². The summed E-state index contributed by atoms with van der Waals surface area (Å²) in [6.45, 7) is 3.52. The summed E-state index contributed by atoms with van der Waals surface area (Å²) in [6.07, 6.45) is 2.33. The van der Waals surface area contributed by atoms with Gasteiger partial charge in [-0.25, -0.2) is 9.97 Å². The van der Waals surface area contributed by atoms with Crippen LogP contribution in [0.25, 0.3) is 22.4 Å². The van der Waals surface area contributed by atoms with Gasteiger partial charge in [-0.3, -0.25) is 4.90 Å². The molecule has 2 atom stereocenters. The van der Waals surface area contributed by atoms with E-state index >= 15 is 0 Å². The molecule has 2 unspecified atom stereocenters. The summed E-state index contributed by atoms with van der Waals surface area (Å²) in [5.74, 6) is 1.67. The molecule has 2 saturated heterocycles. The average molecular weight is 370 g/mol. The number of pyridine rings is 1. The molecule has 2 aliphatic rings. The van der Waals surface area contributed by atoms with Crippen molar-refractivity contribution < 1.29 is 5.11 Å². The summed E-state index contributed by atoms with van der Waals surface area (Å²) in [6, 6.07) is 10.4. The molecule has 0 radical (unpaired) electrons. The van der Waals surface area contributed by atoms with Gasteiger partial charge in [-0.2, -0.15) is 0 Å². The second-order valence-corrected chi connectivity index (χ2v) is 7.52. The zero-order valence-corrected chi connectivity index (χ0v) is 15.0. The molecule has 0 aliphatic carbocycles. The number of para-hydroxylation sites is 2. The first-order chi connectivity index (χ1) is 12.7. The fourth-order valence-corrected chi connectivity index (χ4v) is 4.28. The van der Waals surface area contributed by atoms with Crippen LogP contribution in [0.1, 0.15) is 6.42 Å². The Bertz CT molecular complexity index is 925. The van der Waals surface area contributed by atoms with Crippen LogP contribution >= 0.6 is 11.6 Å². The van der Waals surface area contributed by atoms with E-state index < -0.39 is 0 Å². The molecule has 2 N–H and O–H groups in total. The minimum atomic E-state index is -0.204. The number of aromatic amines is 1. The molecule has 6 nitrogen and oxygen atoms in total. The lowest BCUT2D eigenvalue weighted by molar-refractivity contribution is 0.173. The minimum absolute atomic E-state index is 0.204. The molecule has 0 saturated carbocycles. The standard InChI is InChI=1S/C19H20ClN5O/c20-15-9-21-18(25-6-5-24-11-13(26)7-12(24)10-25)8-14(15)19-22-16-3-1-2-4-17(16)23-19/h1-4,8-9,12-13,26H,5-7,10-11H2,(H,22,23). The monoisotopic (exact) mass is 369 g/mol. The van der Waals surface area contributed by atoms with Crippen LogP contribution < -0.4 is 4.90 Å². The first-order valence-electron chi connectivity index (χ1n) is 8.95. The van der Waals surface area contributed by atoms with E-state index in [1.165, 1.54) is 0 Å². The maximum atomic E-state index is 9.91. The number of nitrogens with one attached hydrogen (secondary N) is 1. The highest BCUT2D eigenvalue weighted by molar-refractivity contribution is 6.33. The largest absolute Gasteiger partial charge is 0.392 e. The van der Waals surface area contributed by atoms with Crippen molar-refractivity contribution in [2.75, 3.05) is 31.1 Å². The summed E-state index contributed by atoms with van der Waals surface area (Å²) in [7, 11) is 0. The number of hydrogen-bond donors (Lipinski definition) is 2. The fourth-order valence-electron chi connectivity index (χ4n) is 4.09. The van der Waals surface area contributed by atoms with Gasteiger partial charge in [0.25, 0.3) is 0 Å². The first-order valence-corrected chi connectivity index (χ1v) is 9.33. The zero-order chi connectivity index (χ0) is 17.7. The number of benzene rings is 1. The van der Waals surface area contributed by atoms with Crippen LogP contribution in [0.5, 0.6) is 0 Å². The van der Waals surface area contributed by atoms with E-state index in [0.29, 0.717) is 11.1 Å². The van der Waals surface area contributed by atoms with Crippen molar-refractivity contribution >= 4 is 28.5 Å². The van der Waals surface area contributed by atoms with Gasteiger partial charge in [0.1, 0.15) is 11.6 Å². The Balaban J connectivity index is 1.47. The van der Waals surface area contributed by atoms with Crippen molar-refractivity contribution in [3.8, 4) is 11.4 Å². The third-order valence-electron chi connectivity index (χ3n) is 5.40. The normalized spacial score (nSPS) is 23.5. The Labute approximate surface area is 156 Å². The third kappa shape index (κ3) is 2.74. The van der Waals surface area contributed by atoms with Crippen molar-refractivity contribution in [2.45, 2.75) is 18.6 Å². The van der Waals surface area contributed by atoms with Gasteiger partial charge >= 0.3 is 0 Å². The van der Waals surface area contributed by atoms with E-state index in [0.717, 1.165) is 60.8 Å². The molecule has 2 aromatic heterocycles. The molecule has 5 rings (SSSR count). The third-order valence-corrected chi connectivity index (χ3v) is 5.70. The van der Waals surface area contributed by atoms with Crippen LogP contribution in [-0.2, 0) is 0 Å². The molecule has 134 valence electrons. The van der Waals surface area contributed by atoms with Crippen LogP contribution in [0, 0.1) is 0 Å².